The third-order valence-electron chi connectivity index (χ3n) is 0.376. The van der Waals surface area contributed by atoms with Crippen LogP contribution >= 0.6 is 7.60 Å². The summed E-state index contributed by atoms with van der Waals surface area (Å²) in [6.45, 7) is -0.954. The van der Waals surface area contributed by atoms with Gasteiger partial charge in [-0.3, -0.25) is 8.96 Å². The molecular weight excluding hydrogens is 200 g/mol. The molecule has 3 nitrogen and oxygen atoms in total. The fourth-order valence-electron chi connectivity index (χ4n) is 0.110. The maximum Gasteiger partial charge on any atom is 1.00 e. The van der Waals surface area contributed by atoms with Gasteiger partial charge in [-0.2, -0.15) is 0 Å². The van der Waals surface area contributed by atoms with Gasteiger partial charge in [-0.1, -0.05) is 0 Å². The van der Waals surface area contributed by atoms with Crippen LogP contribution in [0.5, 0.6) is 0 Å². The molecule has 9 heavy (non-hydrogen) atoms. The Bertz CT molecular complexity index is 101. The Labute approximate surface area is 141 Å². The van der Waals surface area contributed by atoms with E-state index in [1.807, 2.05) is 0 Å². The smallest absolute Gasteiger partial charge is 1.00 e. The first kappa shape index (κ1) is 18.2. The molecule has 0 spiro atoms. The van der Waals surface area contributed by atoms with E-state index >= 15 is 0 Å². The third-order valence-corrected chi connectivity index (χ3v) is 1.13. The summed E-state index contributed by atoms with van der Waals surface area (Å²) in [4.78, 5) is 15.8. The van der Waals surface area contributed by atoms with E-state index in [-0.39, 0.29) is 106 Å². The Morgan fingerprint density at radius 1 is 1.44 bits per heavy atom. The third kappa shape index (κ3) is 18.4. The minimum atomic E-state index is -4.04. The van der Waals surface area contributed by atoms with Gasteiger partial charge in [-0.05, 0) is 0 Å². The number of halogens is 1. The van der Waals surface area contributed by atoms with Crippen LogP contribution in [0.1, 0.15) is 2.85 Å². The van der Waals surface area contributed by atoms with Crippen molar-refractivity contribution in [1.29, 1.82) is 0 Å². The van der Waals surface area contributed by atoms with Crippen molar-refractivity contribution in [2.24, 2.45) is 0 Å². The van der Waals surface area contributed by atoms with Gasteiger partial charge in [-0.15, -0.1) is 0 Å². The fourth-order valence-corrected chi connectivity index (χ4v) is 0.330. The van der Waals surface area contributed by atoms with Gasteiger partial charge in [0.05, 0.1) is 6.16 Å². The van der Waals surface area contributed by atoms with E-state index in [1.54, 1.807) is 0 Å². The van der Waals surface area contributed by atoms with Crippen molar-refractivity contribution in [3.05, 3.63) is 0 Å². The zero-order valence-electron chi connectivity index (χ0n) is 7.54. The molecule has 2 N–H and O–H groups in total. The van der Waals surface area contributed by atoms with Crippen molar-refractivity contribution in [3.8, 4) is 0 Å². The molecule has 0 saturated carbocycles. The van der Waals surface area contributed by atoms with Crippen molar-refractivity contribution >= 4 is 7.60 Å². The number of hydrogen-bond donors (Lipinski definition) is 2. The van der Waals surface area contributed by atoms with Crippen LogP contribution in [0.25, 0.3) is 0 Å². The Morgan fingerprint density at radius 2 is 1.78 bits per heavy atom. The molecule has 0 aromatic carbocycles. The second-order valence-corrected chi connectivity index (χ2v) is 2.85. The topological polar surface area (TPSA) is 57.5 Å². The van der Waals surface area contributed by atoms with Crippen molar-refractivity contribution in [2.75, 3.05) is 12.8 Å². The number of alkyl halides is 1. The van der Waals surface area contributed by atoms with E-state index in [9.17, 15) is 8.96 Å². The number of rotatable bonds is 2. The summed E-state index contributed by atoms with van der Waals surface area (Å²) in [5, 5.41) is 0. The quantitative estimate of drug-likeness (QED) is 0.351. The minimum absolute atomic E-state index is 0. The van der Waals surface area contributed by atoms with Gasteiger partial charge in [0, 0.05) is 0 Å². The maximum absolute atomic E-state index is 11.0. The SMILES string of the molecule is O=P(O)(O)CCF.[H-].[H-].[K+].[K+]. The normalized spacial score (nSPS) is 9.22. The Balaban J connectivity index is -0.0000000300. The molecule has 0 amide bonds. The van der Waals surface area contributed by atoms with E-state index in [0.717, 1.165) is 0 Å². The monoisotopic (exact) mass is 208 g/mol. The van der Waals surface area contributed by atoms with Gasteiger partial charge in [0.2, 0.25) is 0 Å². The predicted octanol–water partition coefficient (Wildman–Crippen LogP) is -5.63. The van der Waals surface area contributed by atoms with E-state index in [4.69, 9.17) is 9.79 Å². The predicted molar refractivity (Wildman–Crippen MR) is 25.1 cm³/mol. The van der Waals surface area contributed by atoms with Gasteiger partial charge >= 0.3 is 110 Å². The van der Waals surface area contributed by atoms with Crippen LogP contribution in [0.3, 0.4) is 0 Å². The molecule has 7 heteroatoms. The molecule has 0 radical (unpaired) electrons. The van der Waals surface area contributed by atoms with E-state index < -0.39 is 20.4 Å². The van der Waals surface area contributed by atoms with Gasteiger partial charge in [-0.25, -0.2) is 0 Å². The van der Waals surface area contributed by atoms with Gasteiger partial charge in [0.15, 0.2) is 0 Å². The molecule has 0 fully saturated rings. The molecule has 0 aliphatic heterocycles. The number of hydrogen-bond acceptors (Lipinski definition) is 1. The molecule has 0 heterocycles. The molecular formula is C2H8FK2O3P. The zero-order valence-corrected chi connectivity index (χ0v) is 12.7. The van der Waals surface area contributed by atoms with Crippen LogP contribution in [-0.4, -0.2) is 22.6 Å². The summed E-state index contributed by atoms with van der Waals surface area (Å²) in [7, 11) is -4.04. The first-order valence-electron chi connectivity index (χ1n) is 1.67. The molecule has 0 aromatic rings. The Morgan fingerprint density at radius 3 is 1.78 bits per heavy atom. The molecule has 0 unspecified atom stereocenters. The molecule has 0 aromatic heterocycles. The largest absolute Gasteiger partial charge is 1.00 e. The van der Waals surface area contributed by atoms with Crippen molar-refractivity contribution in [3.63, 3.8) is 0 Å². The summed E-state index contributed by atoms with van der Waals surface area (Å²) >= 11 is 0. The molecule has 0 bridgehead atoms. The average Bonchev–Trinajstić information content (AvgIpc) is 1.30. The van der Waals surface area contributed by atoms with Crippen LogP contribution in [0.4, 0.5) is 4.39 Å². The van der Waals surface area contributed by atoms with Crippen LogP contribution in [0.15, 0.2) is 0 Å². The summed E-state index contributed by atoms with van der Waals surface area (Å²) in [5.74, 6) is 0. The van der Waals surface area contributed by atoms with Gasteiger partial charge in [0.1, 0.15) is 6.67 Å². The molecule has 0 aliphatic rings. The second kappa shape index (κ2) is 9.44. The molecule has 48 valence electrons. The van der Waals surface area contributed by atoms with Crippen molar-refractivity contribution in [2.45, 2.75) is 0 Å². The maximum atomic E-state index is 11.0. The van der Waals surface area contributed by atoms with E-state index in [0.29, 0.717) is 0 Å². The standard InChI is InChI=1S/C2H6FO3P.2K.2H/c3-1-2-7(4,5)6;;;;/h1-2H2,(H2,4,5,6);;;;/q;2*+1;2*-1. The van der Waals surface area contributed by atoms with Gasteiger partial charge < -0.3 is 12.6 Å². The second-order valence-electron chi connectivity index (χ2n) is 1.08. The van der Waals surface area contributed by atoms with E-state index in [1.165, 1.54) is 0 Å². The molecule has 0 aliphatic carbocycles. The first-order valence-corrected chi connectivity index (χ1v) is 3.46. The summed E-state index contributed by atoms with van der Waals surface area (Å²) < 4.78 is 20.7. The van der Waals surface area contributed by atoms with E-state index in [2.05, 4.69) is 0 Å². The molecule has 0 rings (SSSR count). The summed E-state index contributed by atoms with van der Waals surface area (Å²) in [6.07, 6.45) is -0.660. The van der Waals surface area contributed by atoms with Crippen molar-refractivity contribution in [1.82, 2.24) is 0 Å². The zero-order chi connectivity index (χ0) is 5.91. The Hall–Kier alpha value is 3.35. The van der Waals surface area contributed by atoms with Gasteiger partial charge in [0.25, 0.3) is 0 Å². The summed E-state index contributed by atoms with van der Waals surface area (Å²) in [6, 6.07) is 0. The molecule has 0 saturated heterocycles. The van der Waals surface area contributed by atoms with Crippen molar-refractivity contribution < 1.29 is 124 Å². The van der Waals surface area contributed by atoms with Crippen LogP contribution < -0.4 is 103 Å². The summed E-state index contributed by atoms with van der Waals surface area (Å²) in [5.41, 5.74) is 0. The minimum Gasteiger partial charge on any atom is -1.00 e. The first-order chi connectivity index (χ1) is 3.06. The molecule has 0 atom stereocenters. The van der Waals surface area contributed by atoms with Crippen LogP contribution in [-0.2, 0) is 4.57 Å². The Kier molecular flexibility index (Phi) is 19.1. The van der Waals surface area contributed by atoms with Crippen LogP contribution in [0.2, 0.25) is 0 Å². The average molecular weight is 208 g/mol. The van der Waals surface area contributed by atoms with Crippen LogP contribution in [0, 0.1) is 0 Å². The fraction of sp³-hybridized carbons (Fsp3) is 1.00.